The molecule has 0 rings (SSSR count). The van der Waals surface area contributed by atoms with Crippen LogP contribution in [0.25, 0.3) is 0 Å². The molecule has 1 heteroatoms. The Morgan fingerprint density at radius 2 is 1.44 bits per heavy atom. The Hall–Kier alpha value is 0.217. The largest absolute Gasteiger partial charge is 0.0654 e. The maximum Gasteiger partial charge on any atom is 0.0143 e. The van der Waals surface area contributed by atoms with Gasteiger partial charge in [-0.1, -0.05) is 51.5 Å². The van der Waals surface area contributed by atoms with Crippen LogP contribution >= 0.6 is 0 Å². The molecule has 54 valence electrons. The standard InChI is InChI=1S/C8H18Si/c1-2-3-4-5-6-7-8-9/h9H,2-8H2,1H3. The van der Waals surface area contributed by atoms with Gasteiger partial charge in [-0.25, -0.2) is 0 Å². The number of hydrogen-bond acceptors (Lipinski definition) is 0. The summed E-state index contributed by atoms with van der Waals surface area (Å²) in [5, 5.41) is 0. The SMILES string of the molecule is CCCCCCCC[SiH]. The molecule has 9 heavy (non-hydrogen) atoms. The maximum atomic E-state index is 2.78. The van der Waals surface area contributed by atoms with Gasteiger partial charge in [-0.2, -0.15) is 0 Å². The van der Waals surface area contributed by atoms with Gasteiger partial charge in [-0.05, 0) is 0 Å². The van der Waals surface area contributed by atoms with Crippen LogP contribution in [-0.4, -0.2) is 10.2 Å². The van der Waals surface area contributed by atoms with Crippen LogP contribution < -0.4 is 0 Å². The second kappa shape index (κ2) is 8.22. The summed E-state index contributed by atoms with van der Waals surface area (Å²) < 4.78 is 0. The minimum Gasteiger partial charge on any atom is -0.0654 e. The van der Waals surface area contributed by atoms with E-state index in [4.69, 9.17) is 0 Å². The van der Waals surface area contributed by atoms with Crippen molar-refractivity contribution in [3.8, 4) is 0 Å². The molecule has 0 aromatic rings. The van der Waals surface area contributed by atoms with E-state index in [0.29, 0.717) is 0 Å². The van der Waals surface area contributed by atoms with Crippen LogP contribution in [0.4, 0.5) is 0 Å². The summed E-state index contributed by atoms with van der Waals surface area (Å²) in [6.45, 7) is 2.26. The molecule has 0 aromatic carbocycles. The molecule has 2 radical (unpaired) electrons. The van der Waals surface area contributed by atoms with Crippen molar-refractivity contribution in [2.45, 2.75) is 51.5 Å². The third-order valence-corrected chi connectivity index (χ3v) is 1.97. The van der Waals surface area contributed by atoms with E-state index in [1.165, 1.54) is 44.6 Å². The Labute approximate surface area is 62.5 Å². The van der Waals surface area contributed by atoms with Gasteiger partial charge in [0, 0.05) is 10.2 Å². The quantitative estimate of drug-likeness (QED) is 0.395. The van der Waals surface area contributed by atoms with Crippen molar-refractivity contribution in [1.82, 2.24) is 0 Å². The summed E-state index contributed by atoms with van der Waals surface area (Å²) >= 11 is 0. The first-order chi connectivity index (χ1) is 4.41. The average Bonchev–Trinajstić information content (AvgIpc) is 1.89. The summed E-state index contributed by atoms with van der Waals surface area (Å²) in [5.41, 5.74) is 0. The smallest absolute Gasteiger partial charge is 0.0143 e. The summed E-state index contributed by atoms with van der Waals surface area (Å²) in [6.07, 6.45) is 8.51. The maximum absolute atomic E-state index is 2.78. The highest BCUT2D eigenvalue weighted by Crippen LogP contribution is 2.05. The summed E-state index contributed by atoms with van der Waals surface area (Å²) in [5.74, 6) is 0. The fourth-order valence-electron chi connectivity index (χ4n) is 0.925. The molecular weight excluding hydrogens is 124 g/mol. The first kappa shape index (κ1) is 9.22. The second-order valence-electron chi connectivity index (χ2n) is 2.56. The van der Waals surface area contributed by atoms with E-state index < -0.39 is 0 Å². The summed E-state index contributed by atoms with van der Waals surface area (Å²) in [7, 11) is 2.78. The van der Waals surface area contributed by atoms with Crippen LogP contribution in [0.2, 0.25) is 6.04 Å². The lowest BCUT2D eigenvalue weighted by Gasteiger charge is -1.95. The van der Waals surface area contributed by atoms with E-state index in [0.717, 1.165) is 0 Å². The monoisotopic (exact) mass is 142 g/mol. The fraction of sp³-hybridized carbons (Fsp3) is 1.00. The van der Waals surface area contributed by atoms with Gasteiger partial charge in [-0.3, -0.25) is 0 Å². The highest BCUT2D eigenvalue weighted by atomic mass is 28.1. The van der Waals surface area contributed by atoms with Gasteiger partial charge < -0.3 is 0 Å². The predicted molar refractivity (Wildman–Crippen MR) is 45.3 cm³/mol. The molecule has 0 saturated carbocycles. The summed E-state index contributed by atoms with van der Waals surface area (Å²) in [6, 6.07) is 1.28. The second-order valence-corrected chi connectivity index (χ2v) is 3.13. The first-order valence-electron chi connectivity index (χ1n) is 4.12. The van der Waals surface area contributed by atoms with Gasteiger partial charge in [0.05, 0.1) is 0 Å². The number of hydrogen-bond donors (Lipinski definition) is 0. The van der Waals surface area contributed by atoms with E-state index in [-0.39, 0.29) is 0 Å². The van der Waals surface area contributed by atoms with Crippen molar-refractivity contribution < 1.29 is 0 Å². The lowest BCUT2D eigenvalue weighted by atomic mass is 10.1. The minimum absolute atomic E-state index is 1.28. The zero-order valence-corrected chi connectivity index (χ0v) is 7.68. The van der Waals surface area contributed by atoms with Crippen LogP contribution in [0.1, 0.15) is 45.4 Å². The van der Waals surface area contributed by atoms with E-state index >= 15 is 0 Å². The lowest BCUT2D eigenvalue weighted by Crippen LogP contribution is -1.77. The van der Waals surface area contributed by atoms with Gasteiger partial charge in [0.15, 0.2) is 0 Å². The minimum atomic E-state index is 1.28. The van der Waals surface area contributed by atoms with Crippen LogP contribution in [0, 0.1) is 0 Å². The Morgan fingerprint density at radius 3 is 2.00 bits per heavy atom. The molecule has 0 nitrogen and oxygen atoms in total. The zero-order valence-electron chi connectivity index (χ0n) is 6.53. The van der Waals surface area contributed by atoms with Gasteiger partial charge in [0.2, 0.25) is 0 Å². The highest BCUT2D eigenvalue weighted by Gasteiger charge is 1.85. The fourth-order valence-corrected chi connectivity index (χ4v) is 1.21. The Morgan fingerprint density at radius 1 is 0.889 bits per heavy atom. The van der Waals surface area contributed by atoms with Crippen molar-refractivity contribution in [3.63, 3.8) is 0 Å². The molecule has 0 spiro atoms. The first-order valence-corrected chi connectivity index (χ1v) is 4.93. The van der Waals surface area contributed by atoms with Crippen LogP contribution in [0.3, 0.4) is 0 Å². The van der Waals surface area contributed by atoms with Gasteiger partial charge >= 0.3 is 0 Å². The van der Waals surface area contributed by atoms with E-state index in [9.17, 15) is 0 Å². The van der Waals surface area contributed by atoms with E-state index in [1.54, 1.807) is 0 Å². The normalized spacial score (nSPS) is 10.0. The van der Waals surface area contributed by atoms with Gasteiger partial charge in [0.25, 0.3) is 0 Å². The van der Waals surface area contributed by atoms with Crippen molar-refractivity contribution in [3.05, 3.63) is 0 Å². The zero-order chi connectivity index (χ0) is 6.95. The molecule has 0 bridgehead atoms. The van der Waals surface area contributed by atoms with Crippen molar-refractivity contribution >= 4 is 10.2 Å². The third kappa shape index (κ3) is 8.22. The molecule has 0 amide bonds. The molecule has 0 saturated heterocycles. The summed E-state index contributed by atoms with van der Waals surface area (Å²) in [4.78, 5) is 0. The molecule has 0 N–H and O–H groups in total. The third-order valence-electron chi connectivity index (χ3n) is 1.56. The molecule has 0 aliphatic heterocycles. The average molecular weight is 142 g/mol. The highest BCUT2D eigenvalue weighted by molar-refractivity contribution is 6.08. The molecule has 0 atom stereocenters. The van der Waals surface area contributed by atoms with Crippen LogP contribution in [-0.2, 0) is 0 Å². The molecule has 0 aliphatic carbocycles. The molecule has 0 heterocycles. The number of rotatable bonds is 6. The van der Waals surface area contributed by atoms with Gasteiger partial charge in [0.1, 0.15) is 0 Å². The topological polar surface area (TPSA) is 0 Å². The lowest BCUT2D eigenvalue weighted by molar-refractivity contribution is 0.624. The molecule has 0 unspecified atom stereocenters. The van der Waals surface area contributed by atoms with Crippen molar-refractivity contribution in [1.29, 1.82) is 0 Å². The van der Waals surface area contributed by atoms with Crippen LogP contribution in [0.5, 0.6) is 0 Å². The van der Waals surface area contributed by atoms with Crippen molar-refractivity contribution in [2.75, 3.05) is 0 Å². The molecule has 0 fully saturated rings. The molecule has 0 aliphatic rings. The Bertz CT molecular complexity index is 37.8. The van der Waals surface area contributed by atoms with Gasteiger partial charge in [-0.15, -0.1) is 0 Å². The molecule has 0 aromatic heterocycles. The van der Waals surface area contributed by atoms with E-state index in [1.807, 2.05) is 0 Å². The molecular formula is C8H18Si. The van der Waals surface area contributed by atoms with E-state index in [2.05, 4.69) is 17.2 Å². The van der Waals surface area contributed by atoms with Crippen LogP contribution in [0.15, 0.2) is 0 Å². The van der Waals surface area contributed by atoms with Crippen molar-refractivity contribution in [2.24, 2.45) is 0 Å². The Balaban J connectivity index is 2.60. The predicted octanol–water partition coefficient (Wildman–Crippen LogP) is 2.67. The number of unbranched alkanes of at least 4 members (excludes halogenated alkanes) is 5. The Kier molecular flexibility index (Phi) is 8.41.